The van der Waals surface area contributed by atoms with E-state index in [-0.39, 0.29) is 5.78 Å². The minimum Gasteiger partial charge on any atom is -0.384 e. The summed E-state index contributed by atoms with van der Waals surface area (Å²) in [5.74, 6) is -0.293. The Hall–Kier alpha value is -0.680. The number of rotatable bonds is 3. The van der Waals surface area contributed by atoms with Crippen molar-refractivity contribution in [1.82, 2.24) is 9.78 Å². The predicted molar refractivity (Wildman–Crippen MR) is 65.4 cm³/mol. The predicted octanol–water partition coefficient (Wildman–Crippen LogP) is 2.26. The molecule has 1 atom stereocenters. The Morgan fingerprint density at radius 1 is 1.62 bits per heavy atom. The average Bonchev–Trinajstić information content (AvgIpc) is 2.56. The summed E-state index contributed by atoms with van der Waals surface area (Å²) in [7, 11) is 0. The molecule has 0 spiro atoms. The fraction of sp³-hybridized carbons (Fsp3) is 0.636. The number of aromatic nitrogens is 2. The number of aliphatic hydroxyl groups excluding tert-OH is 1. The van der Waals surface area contributed by atoms with E-state index in [0.29, 0.717) is 16.7 Å². The lowest BCUT2D eigenvalue weighted by atomic mass is 9.86. The Bertz CT molecular complexity index is 393. The van der Waals surface area contributed by atoms with Crippen LogP contribution in [0.4, 0.5) is 0 Å². The molecule has 1 heterocycles. The highest BCUT2D eigenvalue weighted by Gasteiger charge is 2.32. The fourth-order valence-corrected chi connectivity index (χ4v) is 1.86. The monoisotopic (exact) mass is 288 g/mol. The van der Waals surface area contributed by atoms with Crippen molar-refractivity contribution in [2.75, 3.05) is 0 Å². The van der Waals surface area contributed by atoms with Gasteiger partial charge >= 0.3 is 0 Å². The molecule has 1 N–H and O–H groups in total. The third kappa shape index (κ3) is 2.52. The lowest BCUT2D eigenvalue weighted by Crippen LogP contribution is -2.35. The minimum atomic E-state index is -1.02. The van der Waals surface area contributed by atoms with Crippen LogP contribution < -0.4 is 0 Å². The van der Waals surface area contributed by atoms with E-state index in [1.54, 1.807) is 10.9 Å². The average molecular weight is 289 g/mol. The zero-order valence-corrected chi connectivity index (χ0v) is 11.6. The molecule has 0 radical (unpaired) electrons. The topological polar surface area (TPSA) is 55.1 Å². The molecule has 5 heteroatoms. The molecule has 0 aromatic carbocycles. The third-order valence-corrected chi connectivity index (χ3v) is 2.98. The van der Waals surface area contributed by atoms with Crippen molar-refractivity contribution in [2.24, 2.45) is 5.41 Å². The summed E-state index contributed by atoms with van der Waals surface area (Å²) in [5, 5.41) is 14.0. The Labute approximate surface area is 104 Å². The first-order chi connectivity index (χ1) is 7.29. The molecule has 0 amide bonds. The molecule has 0 saturated heterocycles. The highest BCUT2D eigenvalue weighted by molar-refractivity contribution is 9.10. The summed E-state index contributed by atoms with van der Waals surface area (Å²) in [6.07, 6.45) is 0.553. The Balaban J connectivity index is 3.09. The van der Waals surface area contributed by atoms with E-state index in [0.717, 1.165) is 0 Å². The maximum absolute atomic E-state index is 12.1. The number of hydrogen-bond donors (Lipinski definition) is 1. The van der Waals surface area contributed by atoms with E-state index in [2.05, 4.69) is 21.0 Å². The van der Waals surface area contributed by atoms with Crippen molar-refractivity contribution < 1.29 is 9.90 Å². The number of aliphatic hydroxyl groups is 1. The van der Waals surface area contributed by atoms with Gasteiger partial charge in [-0.05, 0) is 28.3 Å². The molecule has 0 aliphatic heterocycles. The van der Waals surface area contributed by atoms with Crippen LogP contribution in [0, 0.1) is 5.41 Å². The second-order valence-corrected chi connectivity index (χ2v) is 5.64. The SMILES string of the molecule is CCn1ncc(Br)c1C(=O)C(O)C(C)(C)C. The largest absolute Gasteiger partial charge is 0.384 e. The summed E-state index contributed by atoms with van der Waals surface area (Å²) < 4.78 is 2.21. The number of hydrogen-bond acceptors (Lipinski definition) is 3. The van der Waals surface area contributed by atoms with E-state index in [9.17, 15) is 9.90 Å². The molecule has 1 unspecified atom stereocenters. The number of halogens is 1. The lowest BCUT2D eigenvalue weighted by molar-refractivity contribution is 0.0431. The molecule has 90 valence electrons. The molecular weight excluding hydrogens is 272 g/mol. The molecule has 0 bridgehead atoms. The first-order valence-corrected chi connectivity index (χ1v) is 6.02. The second kappa shape index (κ2) is 4.67. The number of ketones is 1. The van der Waals surface area contributed by atoms with Crippen LogP contribution in [0.2, 0.25) is 0 Å². The Morgan fingerprint density at radius 3 is 2.62 bits per heavy atom. The van der Waals surface area contributed by atoms with Gasteiger partial charge in [-0.2, -0.15) is 5.10 Å². The number of nitrogens with zero attached hydrogens (tertiary/aromatic N) is 2. The fourth-order valence-electron chi connectivity index (χ4n) is 1.37. The molecule has 1 aromatic heterocycles. The quantitative estimate of drug-likeness (QED) is 0.868. The maximum atomic E-state index is 12.1. The standard InChI is InChI=1S/C11H17BrN2O2/c1-5-14-8(7(12)6-13-14)9(15)10(16)11(2,3)4/h6,10,16H,5H2,1-4H3. The van der Waals surface area contributed by atoms with Crippen molar-refractivity contribution in [3.05, 3.63) is 16.4 Å². The van der Waals surface area contributed by atoms with Crippen molar-refractivity contribution in [1.29, 1.82) is 0 Å². The van der Waals surface area contributed by atoms with Crippen molar-refractivity contribution >= 4 is 21.7 Å². The number of carbonyl (C=O) groups excluding carboxylic acids is 1. The van der Waals surface area contributed by atoms with Gasteiger partial charge in [0.1, 0.15) is 11.8 Å². The van der Waals surface area contributed by atoms with Gasteiger partial charge < -0.3 is 5.11 Å². The van der Waals surface area contributed by atoms with Crippen LogP contribution in [-0.2, 0) is 6.54 Å². The zero-order chi connectivity index (χ0) is 12.5. The van der Waals surface area contributed by atoms with Gasteiger partial charge in [-0.1, -0.05) is 20.8 Å². The smallest absolute Gasteiger partial charge is 0.210 e. The third-order valence-electron chi connectivity index (χ3n) is 2.40. The van der Waals surface area contributed by atoms with Crippen LogP contribution in [0.3, 0.4) is 0 Å². The van der Waals surface area contributed by atoms with Gasteiger partial charge in [0.15, 0.2) is 0 Å². The van der Waals surface area contributed by atoms with Crippen LogP contribution in [0.15, 0.2) is 10.7 Å². The molecular formula is C11H17BrN2O2. The van der Waals surface area contributed by atoms with Crippen LogP contribution in [0.5, 0.6) is 0 Å². The molecule has 4 nitrogen and oxygen atoms in total. The summed E-state index contributed by atoms with van der Waals surface area (Å²) in [6, 6.07) is 0. The molecule has 1 rings (SSSR count). The molecule has 0 saturated carbocycles. The van der Waals surface area contributed by atoms with Gasteiger partial charge in [-0.25, -0.2) is 0 Å². The van der Waals surface area contributed by atoms with E-state index < -0.39 is 11.5 Å². The van der Waals surface area contributed by atoms with Crippen LogP contribution in [-0.4, -0.2) is 26.8 Å². The Morgan fingerprint density at radius 2 is 2.19 bits per heavy atom. The number of Topliss-reactive ketones (excluding diaryl/α,β-unsaturated/α-hetero) is 1. The Kier molecular flexibility index (Phi) is 3.91. The molecule has 0 fully saturated rings. The second-order valence-electron chi connectivity index (χ2n) is 4.79. The van der Waals surface area contributed by atoms with Crippen molar-refractivity contribution in [2.45, 2.75) is 40.3 Å². The first kappa shape index (κ1) is 13.4. The molecule has 16 heavy (non-hydrogen) atoms. The van der Waals surface area contributed by atoms with E-state index in [4.69, 9.17) is 0 Å². The highest BCUT2D eigenvalue weighted by Crippen LogP contribution is 2.25. The van der Waals surface area contributed by atoms with E-state index in [1.165, 1.54) is 0 Å². The highest BCUT2D eigenvalue weighted by atomic mass is 79.9. The minimum absolute atomic E-state index is 0.293. The van der Waals surface area contributed by atoms with Gasteiger partial charge in [0, 0.05) is 6.54 Å². The molecule has 0 aliphatic rings. The summed E-state index contributed by atoms with van der Waals surface area (Å²) >= 11 is 3.28. The summed E-state index contributed by atoms with van der Waals surface area (Å²) in [6.45, 7) is 7.99. The van der Waals surface area contributed by atoms with Crippen LogP contribution in [0.25, 0.3) is 0 Å². The van der Waals surface area contributed by atoms with Crippen LogP contribution in [0.1, 0.15) is 38.2 Å². The van der Waals surface area contributed by atoms with Gasteiger partial charge in [-0.3, -0.25) is 9.48 Å². The molecule has 1 aromatic rings. The van der Waals surface area contributed by atoms with Gasteiger partial charge in [-0.15, -0.1) is 0 Å². The first-order valence-electron chi connectivity index (χ1n) is 5.22. The van der Waals surface area contributed by atoms with Gasteiger partial charge in [0.05, 0.1) is 10.7 Å². The molecule has 0 aliphatic carbocycles. The zero-order valence-electron chi connectivity index (χ0n) is 9.99. The van der Waals surface area contributed by atoms with Crippen molar-refractivity contribution in [3.63, 3.8) is 0 Å². The number of carbonyl (C=O) groups is 1. The lowest BCUT2D eigenvalue weighted by Gasteiger charge is -2.24. The van der Waals surface area contributed by atoms with Crippen LogP contribution >= 0.6 is 15.9 Å². The van der Waals surface area contributed by atoms with Crippen molar-refractivity contribution in [3.8, 4) is 0 Å². The van der Waals surface area contributed by atoms with Gasteiger partial charge in [0.25, 0.3) is 0 Å². The number of aryl methyl sites for hydroxylation is 1. The summed E-state index contributed by atoms with van der Waals surface area (Å²) in [5.41, 5.74) is -0.0377. The van der Waals surface area contributed by atoms with E-state index in [1.807, 2.05) is 27.7 Å². The normalized spacial score (nSPS) is 13.9. The van der Waals surface area contributed by atoms with Gasteiger partial charge in [0.2, 0.25) is 5.78 Å². The summed E-state index contributed by atoms with van der Waals surface area (Å²) in [4.78, 5) is 12.1. The maximum Gasteiger partial charge on any atom is 0.210 e. The van der Waals surface area contributed by atoms with E-state index >= 15 is 0 Å².